The van der Waals surface area contributed by atoms with Crippen LogP contribution in [0.25, 0.3) is 0 Å². The van der Waals surface area contributed by atoms with Crippen LogP contribution in [-0.2, 0) is 0 Å². The van der Waals surface area contributed by atoms with Crippen molar-refractivity contribution in [3.05, 3.63) is 12.2 Å². The van der Waals surface area contributed by atoms with Crippen LogP contribution in [0, 0.1) is 5.92 Å². The van der Waals surface area contributed by atoms with E-state index in [-0.39, 0.29) is 0 Å². The first-order valence-electron chi connectivity index (χ1n) is 5.72. The first kappa shape index (κ1) is 9.26. The molecule has 74 valence electrons. The summed E-state index contributed by atoms with van der Waals surface area (Å²) in [5.41, 5.74) is 1.51. The molecule has 0 bridgehead atoms. The summed E-state index contributed by atoms with van der Waals surface area (Å²) >= 11 is 0. The molecular weight excluding hydrogens is 158 g/mol. The van der Waals surface area contributed by atoms with Crippen LogP contribution < -0.4 is 0 Å². The highest BCUT2D eigenvalue weighted by Crippen LogP contribution is 2.36. The lowest BCUT2D eigenvalue weighted by atomic mass is 9.94. The minimum Gasteiger partial charge on any atom is -0.300 e. The van der Waals surface area contributed by atoms with Gasteiger partial charge in [-0.3, -0.25) is 0 Å². The number of nitrogens with zero attached hydrogens (tertiary/aromatic N) is 1. The molecule has 1 heteroatoms. The summed E-state index contributed by atoms with van der Waals surface area (Å²) in [6, 6.07) is 0.893. The van der Waals surface area contributed by atoms with Gasteiger partial charge >= 0.3 is 0 Å². The van der Waals surface area contributed by atoms with Crippen LogP contribution in [0.15, 0.2) is 12.2 Å². The summed E-state index contributed by atoms with van der Waals surface area (Å²) in [6.45, 7) is 9.04. The van der Waals surface area contributed by atoms with Gasteiger partial charge in [0, 0.05) is 6.04 Å². The fraction of sp³-hybridized carbons (Fsp3) is 0.833. The number of allylic oxidation sites excluding steroid dienone is 1. The number of likely N-dealkylation sites (tertiary alicyclic amines) is 1. The van der Waals surface area contributed by atoms with Crippen molar-refractivity contribution in [1.82, 2.24) is 4.90 Å². The van der Waals surface area contributed by atoms with Crippen LogP contribution in [0.4, 0.5) is 0 Å². The molecule has 2 rings (SSSR count). The van der Waals surface area contributed by atoms with Crippen LogP contribution in [0.5, 0.6) is 0 Å². The predicted molar refractivity (Wildman–Crippen MR) is 56.8 cm³/mol. The van der Waals surface area contributed by atoms with Crippen LogP contribution >= 0.6 is 0 Å². The first-order chi connectivity index (χ1) is 6.31. The molecule has 2 aliphatic rings. The Bertz CT molecular complexity index is 197. The fourth-order valence-corrected chi connectivity index (χ4v) is 3.07. The van der Waals surface area contributed by atoms with E-state index in [4.69, 9.17) is 0 Å². The second kappa shape index (κ2) is 3.83. The summed E-state index contributed by atoms with van der Waals surface area (Å²) < 4.78 is 0. The van der Waals surface area contributed by atoms with Crippen LogP contribution in [0.1, 0.15) is 39.0 Å². The van der Waals surface area contributed by atoms with Crippen molar-refractivity contribution in [2.75, 3.05) is 13.1 Å². The molecule has 1 heterocycles. The fourth-order valence-electron chi connectivity index (χ4n) is 3.07. The zero-order chi connectivity index (χ0) is 9.26. The van der Waals surface area contributed by atoms with E-state index in [9.17, 15) is 0 Å². The van der Waals surface area contributed by atoms with Gasteiger partial charge in [-0.25, -0.2) is 0 Å². The third-order valence-corrected chi connectivity index (χ3v) is 3.79. The van der Waals surface area contributed by atoms with E-state index >= 15 is 0 Å². The molecule has 1 saturated heterocycles. The molecule has 0 amide bonds. The highest BCUT2D eigenvalue weighted by atomic mass is 15.2. The molecule has 13 heavy (non-hydrogen) atoms. The lowest BCUT2D eigenvalue weighted by molar-refractivity contribution is 0.227. The second-order valence-electron chi connectivity index (χ2n) is 4.59. The van der Waals surface area contributed by atoms with Gasteiger partial charge in [0.05, 0.1) is 0 Å². The van der Waals surface area contributed by atoms with Crippen LogP contribution in [-0.4, -0.2) is 24.0 Å². The maximum Gasteiger partial charge on any atom is 0.0127 e. The Hall–Kier alpha value is -0.300. The van der Waals surface area contributed by atoms with Crippen molar-refractivity contribution in [3.8, 4) is 0 Å². The van der Waals surface area contributed by atoms with Crippen LogP contribution in [0.3, 0.4) is 0 Å². The van der Waals surface area contributed by atoms with Gasteiger partial charge in [0.2, 0.25) is 0 Å². The monoisotopic (exact) mass is 179 g/mol. The molecule has 0 spiro atoms. The van der Waals surface area contributed by atoms with Crippen molar-refractivity contribution in [1.29, 1.82) is 0 Å². The van der Waals surface area contributed by atoms with E-state index in [2.05, 4.69) is 18.4 Å². The predicted octanol–water partition coefficient (Wildman–Crippen LogP) is 2.83. The van der Waals surface area contributed by atoms with E-state index in [0.29, 0.717) is 0 Å². The van der Waals surface area contributed by atoms with Gasteiger partial charge in [-0.1, -0.05) is 19.1 Å². The molecule has 1 nitrogen and oxygen atoms in total. The lowest BCUT2D eigenvalue weighted by Gasteiger charge is -2.25. The standard InChI is InChI=1S/C12H21N/c1-3-13-8-7-11-9-10(2)5-4-6-12(11)13/h11-12H,2-9H2,1H3. The molecule has 0 aromatic heterocycles. The average Bonchev–Trinajstić information content (AvgIpc) is 2.39. The van der Waals surface area contributed by atoms with E-state index in [0.717, 1.165) is 12.0 Å². The Morgan fingerprint density at radius 2 is 2.31 bits per heavy atom. The average molecular weight is 179 g/mol. The Kier molecular flexibility index (Phi) is 2.73. The molecule has 0 radical (unpaired) electrons. The van der Waals surface area contributed by atoms with Gasteiger partial charge in [0.25, 0.3) is 0 Å². The summed E-state index contributed by atoms with van der Waals surface area (Å²) in [6.07, 6.45) is 6.79. The topological polar surface area (TPSA) is 3.24 Å². The maximum absolute atomic E-state index is 4.17. The molecule has 2 unspecified atom stereocenters. The van der Waals surface area contributed by atoms with Crippen molar-refractivity contribution >= 4 is 0 Å². The Morgan fingerprint density at radius 1 is 1.46 bits per heavy atom. The van der Waals surface area contributed by atoms with E-state index < -0.39 is 0 Å². The van der Waals surface area contributed by atoms with Gasteiger partial charge < -0.3 is 4.90 Å². The van der Waals surface area contributed by atoms with Gasteiger partial charge in [0.15, 0.2) is 0 Å². The summed E-state index contributed by atoms with van der Waals surface area (Å²) in [7, 11) is 0. The van der Waals surface area contributed by atoms with Gasteiger partial charge in [-0.15, -0.1) is 0 Å². The van der Waals surface area contributed by atoms with Crippen molar-refractivity contribution in [3.63, 3.8) is 0 Å². The quantitative estimate of drug-likeness (QED) is 0.559. The number of hydrogen-bond acceptors (Lipinski definition) is 1. The van der Waals surface area contributed by atoms with E-state index in [1.54, 1.807) is 0 Å². The minimum absolute atomic E-state index is 0.893. The van der Waals surface area contributed by atoms with Gasteiger partial charge in [0.1, 0.15) is 0 Å². The Labute approximate surface area is 81.8 Å². The molecule has 0 aromatic rings. The van der Waals surface area contributed by atoms with E-state index in [1.165, 1.54) is 50.8 Å². The zero-order valence-electron chi connectivity index (χ0n) is 8.76. The molecule has 0 aromatic carbocycles. The third-order valence-electron chi connectivity index (χ3n) is 3.79. The number of rotatable bonds is 1. The van der Waals surface area contributed by atoms with Crippen molar-refractivity contribution in [2.24, 2.45) is 5.92 Å². The van der Waals surface area contributed by atoms with Crippen molar-refractivity contribution < 1.29 is 0 Å². The van der Waals surface area contributed by atoms with E-state index in [1.807, 2.05) is 0 Å². The second-order valence-corrected chi connectivity index (χ2v) is 4.59. The number of fused-ring (bicyclic) bond motifs is 1. The molecule has 0 N–H and O–H groups in total. The first-order valence-corrected chi connectivity index (χ1v) is 5.72. The third kappa shape index (κ3) is 1.80. The highest BCUT2D eigenvalue weighted by Gasteiger charge is 2.34. The Balaban J connectivity index is 2.04. The Morgan fingerprint density at radius 3 is 3.08 bits per heavy atom. The molecule has 1 aliphatic carbocycles. The molecular formula is C12H21N. The summed E-state index contributed by atoms with van der Waals surface area (Å²) in [5, 5.41) is 0. The summed E-state index contributed by atoms with van der Waals surface area (Å²) in [5.74, 6) is 0.940. The SMILES string of the molecule is C=C1CCCC2C(CCN2CC)C1. The highest BCUT2D eigenvalue weighted by molar-refractivity contribution is 5.03. The minimum atomic E-state index is 0.893. The molecule has 2 fully saturated rings. The van der Waals surface area contributed by atoms with Gasteiger partial charge in [-0.2, -0.15) is 0 Å². The molecule has 2 atom stereocenters. The summed E-state index contributed by atoms with van der Waals surface area (Å²) in [4.78, 5) is 2.67. The lowest BCUT2D eigenvalue weighted by Crippen LogP contribution is -2.31. The number of hydrogen-bond donors (Lipinski definition) is 0. The molecule has 1 saturated carbocycles. The smallest absolute Gasteiger partial charge is 0.0127 e. The zero-order valence-corrected chi connectivity index (χ0v) is 8.76. The van der Waals surface area contributed by atoms with Crippen molar-refractivity contribution in [2.45, 2.75) is 45.1 Å². The largest absolute Gasteiger partial charge is 0.300 e. The molecule has 1 aliphatic heterocycles. The van der Waals surface area contributed by atoms with Gasteiger partial charge in [-0.05, 0) is 51.1 Å². The maximum atomic E-state index is 4.17. The normalized spacial score (nSPS) is 35.9. The van der Waals surface area contributed by atoms with Crippen LogP contribution in [0.2, 0.25) is 0 Å².